The van der Waals surface area contributed by atoms with Gasteiger partial charge in [0.1, 0.15) is 0 Å². The summed E-state index contributed by atoms with van der Waals surface area (Å²) in [6.45, 7) is 3.71. The number of rotatable bonds is 6. The van der Waals surface area contributed by atoms with Crippen LogP contribution in [0.1, 0.15) is 36.2 Å². The van der Waals surface area contributed by atoms with Gasteiger partial charge in [-0.3, -0.25) is 9.59 Å². The fourth-order valence-electron chi connectivity index (χ4n) is 2.33. The zero-order valence-electron chi connectivity index (χ0n) is 14.4. The van der Waals surface area contributed by atoms with E-state index >= 15 is 0 Å². The van der Waals surface area contributed by atoms with Crippen LogP contribution in [-0.4, -0.2) is 17.5 Å². The minimum Gasteiger partial charge on any atom is -0.398 e. The number of nitrogens with two attached hydrogens (primary N) is 1. The highest BCUT2D eigenvalue weighted by molar-refractivity contribution is 6.06. The van der Waals surface area contributed by atoms with E-state index in [1.165, 1.54) is 0 Å². The molecule has 2 amide bonds. The average Bonchev–Trinajstić information content (AvgIpc) is 2.60. The van der Waals surface area contributed by atoms with E-state index in [-0.39, 0.29) is 12.3 Å². The Morgan fingerprint density at radius 2 is 1.76 bits per heavy atom. The van der Waals surface area contributed by atoms with Gasteiger partial charge in [-0.05, 0) is 37.1 Å². The van der Waals surface area contributed by atoms with Gasteiger partial charge in [-0.25, -0.2) is 5.43 Å². The number of nitrogens with one attached hydrogen (secondary N) is 2. The van der Waals surface area contributed by atoms with Crippen LogP contribution in [0.4, 0.5) is 11.4 Å². The number of carbonyl (C=O) groups excluding carboxylic acids is 2. The minimum atomic E-state index is -0.408. The lowest BCUT2D eigenvalue weighted by atomic mass is 10.1. The molecule has 2 rings (SSSR count). The number of hydrazone groups is 1. The molecule has 0 aliphatic rings. The lowest BCUT2D eigenvalue weighted by molar-refractivity contribution is -0.115. The van der Waals surface area contributed by atoms with E-state index in [1.54, 1.807) is 31.2 Å². The van der Waals surface area contributed by atoms with Crippen molar-refractivity contribution in [3.63, 3.8) is 0 Å². The van der Waals surface area contributed by atoms with Crippen LogP contribution < -0.4 is 16.5 Å². The van der Waals surface area contributed by atoms with Gasteiger partial charge in [0.25, 0.3) is 5.91 Å². The average molecular weight is 338 g/mol. The van der Waals surface area contributed by atoms with Crippen LogP contribution >= 0.6 is 0 Å². The van der Waals surface area contributed by atoms with E-state index in [0.29, 0.717) is 17.0 Å². The minimum absolute atomic E-state index is 0.0859. The Balaban J connectivity index is 1.93. The molecule has 0 heterocycles. The van der Waals surface area contributed by atoms with E-state index in [1.807, 2.05) is 31.2 Å². The van der Waals surface area contributed by atoms with Crippen molar-refractivity contribution in [2.24, 2.45) is 5.10 Å². The molecule has 0 radical (unpaired) electrons. The number of para-hydroxylation sites is 2. The number of nitrogens with zero attached hydrogens (tertiary/aromatic N) is 1. The molecule has 130 valence electrons. The van der Waals surface area contributed by atoms with Gasteiger partial charge in [-0.2, -0.15) is 5.10 Å². The van der Waals surface area contributed by atoms with E-state index in [2.05, 4.69) is 15.8 Å². The Bertz CT molecular complexity index is 800. The monoisotopic (exact) mass is 338 g/mol. The zero-order valence-corrected chi connectivity index (χ0v) is 14.4. The summed E-state index contributed by atoms with van der Waals surface area (Å²) in [5.74, 6) is -0.593. The van der Waals surface area contributed by atoms with Crippen LogP contribution in [0.15, 0.2) is 53.6 Å². The first kappa shape index (κ1) is 18.2. The van der Waals surface area contributed by atoms with Crippen LogP contribution in [-0.2, 0) is 11.2 Å². The summed E-state index contributed by atoms with van der Waals surface area (Å²) in [7, 11) is 0. The second kappa shape index (κ2) is 8.63. The smallest absolute Gasteiger partial charge is 0.273 e. The molecule has 2 aromatic rings. The zero-order chi connectivity index (χ0) is 18.2. The summed E-state index contributed by atoms with van der Waals surface area (Å²) >= 11 is 0. The first-order valence-corrected chi connectivity index (χ1v) is 8.07. The molecule has 0 spiro atoms. The van der Waals surface area contributed by atoms with Crippen molar-refractivity contribution in [3.05, 3.63) is 59.7 Å². The normalized spacial score (nSPS) is 11.0. The number of amides is 2. The van der Waals surface area contributed by atoms with Gasteiger partial charge in [0.05, 0.1) is 12.0 Å². The van der Waals surface area contributed by atoms with E-state index < -0.39 is 5.91 Å². The molecular formula is C19H22N4O2. The van der Waals surface area contributed by atoms with Crippen LogP contribution in [0.2, 0.25) is 0 Å². The summed E-state index contributed by atoms with van der Waals surface area (Å²) in [6, 6.07) is 14.4. The SMILES string of the molecule is CCc1ccccc1NC(=O)C/C(C)=N/NC(=O)c1ccccc1N. The number of aryl methyl sites for hydroxylation is 1. The van der Waals surface area contributed by atoms with Gasteiger partial charge < -0.3 is 11.1 Å². The lowest BCUT2D eigenvalue weighted by Gasteiger charge is -2.09. The third-order valence-corrected chi connectivity index (χ3v) is 3.64. The van der Waals surface area contributed by atoms with E-state index in [4.69, 9.17) is 5.73 Å². The van der Waals surface area contributed by atoms with Crippen molar-refractivity contribution < 1.29 is 9.59 Å². The molecule has 0 fully saturated rings. The predicted molar refractivity (Wildman–Crippen MR) is 100 cm³/mol. The maximum Gasteiger partial charge on any atom is 0.273 e. The Hall–Kier alpha value is -3.15. The van der Waals surface area contributed by atoms with Crippen LogP contribution in [0.5, 0.6) is 0 Å². The molecule has 4 N–H and O–H groups in total. The molecule has 0 aliphatic carbocycles. The molecule has 0 unspecified atom stereocenters. The maximum absolute atomic E-state index is 12.1. The molecule has 0 saturated heterocycles. The van der Waals surface area contributed by atoms with Crippen LogP contribution in [0.25, 0.3) is 0 Å². The van der Waals surface area contributed by atoms with Gasteiger partial charge in [-0.1, -0.05) is 37.3 Å². The highest BCUT2D eigenvalue weighted by Gasteiger charge is 2.10. The van der Waals surface area contributed by atoms with Gasteiger partial charge >= 0.3 is 0 Å². The molecule has 0 saturated carbocycles. The summed E-state index contributed by atoms with van der Waals surface area (Å²) < 4.78 is 0. The molecule has 0 aliphatic heterocycles. The molecule has 25 heavy (non-hydrogen) atoms. The Morgan fingerprint density at radius 3 is 2.48 bits per heavy atom. The quantitative estimate of drug-likeness (QED) is 0.429. The van der Waals surface area contributed by atoms with Gasteiger partial charge in [0.2, 0.25) is 5.91 Å². The molecule has 2 aromatic carbocycles. The largest absolute Gasteiger partial charge is 0.398 e. The number of nitrogen functional groups attached to an aromatic ring is 1. The molecule has 6 heteroatoms. The topological polar surface area (TPSA) is 96.6 Å². The highest BCUT2D eigenvalue weighted by atomic mass is 16.2. The van der Waals surface area contributed by atoms with Crippen molar-refractivity contribution in [1.29, 1.82) is 0 Å². The maximum atomic E-state index is 12.1. The van der Waals surface area contributed by atoms with Crippen molar-refractivity contribution in [1.82, 2.24) is 5.43 Å². The second-order valence-electron chi connectivity index (χ2n) is 5.61. The van der Waals surface area contributed by atoms with Gasteiger partial charge in [0, 0.05) is 17.1 Å². The third-order valence-electron chi connectivity index (χ3n) is 3.64. The van der Waals surface area contributed by atoms with Crippen LogP contribution in [0.3, 0.4) is 0 Å². The van der Waals surface area contributed by atoms with Crippen molar-refractivity contribution in [3.8, 4) is 0 Å². The van der Waals surface area contributed by atoms with Gasteiger partial charge in [-0.15, -0.1) is 0 Å². The fourth-order valence-corrected chi connectivity index (χ4v) is 2.33. The van der Waals surface area contributed by atoms with Crippen molar-refractivity contribution in [2.45, 2.75) is 26.7 Å². The summed E-state index contributed by atoms with van der Waals surface area (Å²) in [5, 5.41) is 6.83. The lowest BCUT2D eigenvalue weighted by Crippen LogP contribution is -2.22. The first-order valence-electron chi connectivity index (χ1n) is 8.07. The van der Waals surface area contributed by atoms with E-state index in [0.717, 1.165) is 17.7 Å². The molecule has 0 atom stereocenters. The van der Waals surface area contributed by atoms with E-state index in [9.17, 15) is 9.59 Å². The number of hydrogen-bond donors (Lipinski definition) is 3. The number of carbonyl (C=O) groups is 2. The van der Waals surface area contributed by atoms with Crippen LogP contribution in [0, 0.1) is 0 Å². The molecule has 0 bridgehead atoms. The first-order chi connectivity index (χ1) is 12.0. The summed E-state index contributed by atoms with van der Waals surface area (Å²) in [6.07, 6.45) is 0.917. The van der Waals surface area contributed by atoms with Crippen molar-refractivity contribution >= 4 is 28.9 Å². The molecule has 0 aromatic heterocycles. The number of benzene rings is 2. The summed E-state index contributed by atoms with van der Waals surface area (Å²) in [5.41, 5.74) is 11.3. The second-order valence-corrected chi connectivity index (χ2v) is 5.61. The fraction of sp³-hybridized carbons (Fsp3) is 0.211. The summed E-state index contributed by atoms with van der Waals surface area (Å²) in [4.78, 5) is 24.2. The van der Waals surface area contributed by atoms with Gasteiger partial charge in [0.15, 0.2) is 0 Å². The number of anilines is 2. The number of hydrogen-bond acceptors (Lipinski definition) is 4. The Labute approximate surface area is 147 Å². The Kier molecular flexibility index (Phi) is 6.28. The highest BCUT2D eigenvalue weighted by Crippen LogP contribution is 2.15. The molecular weight excluding hydrogens is 316 g/mol. The third kappa shape index (κ3) is 5.17. The molecule has 6 nitrogen and oxygen atoms in total. The predicted octanol–water partition coefficient (Wildman–Crippen LogP) is 2.97. The standard InChI is InChI=1S/C19H22N4O2/c1-3-14-8-4-7-11-17(14)21-18(24)12-13(2)22-23-19(25)15-9-5-6-10-16(15)20/h4-11H,3,12,20H2,1-2H3,(H,21,24)(H,23,25)/b22-13+. The van der Waals surface area contributed by atoms with Crippen molar-refractivity contribution in [2.75, 3.05) is 11.1 Å². The Morgan fingerprint density at radius 1 is 1.08 bits per heavy atom.